The number of rotatable bonds is 4. The monoisotopic (exact) mass is 173 g/mol. The van der Waals surface area contributed by atoms with Crippen molar-refractivity contribution >= 4 is 0 Å². The largest absolute Gasteiger partial charge is 0.378 e. The van der Waals surface area contributed by atoms with Crippen LogP contribution in [-0.4, -0.2) is 61.4 Å². The fourth-order valence-corrected chi connectivity index (χ4v) is 1.35. The minimum absolute atomic E-state index is 0.298. The summed E-state index contributed by atoms with van der Waals surface area (Å²) in [5.74, 6) is 0.298. The van der Waals surface area contributed by atoms with Crippen LogP contribution in [0.2, 0.25) is 0 Å². The number of likely N-dealkylation sites (N-methyl/N-ethyl adjacent to an activating group) is 1. The van der Waals surface area contributed by atoms with E-state index in [1.54, 1.807) is 0 Å². The third-order valence-corrected chi connectivity index (χ3v) is 2.33. The van der Waals surface area contributed by atoms with Crippen LogP contribution in [0, 0.1) is 5.92 Å². The lowest BCUT2D eigenvalue weighted by molar-refractivity contribution is -0.00250. The van der Waals surface area contributed by atoms with Crippen molar-refractivity contribution < 1.29 is 5.11 Å². The fourth-order valence-electron chi connectivity index (χ4n) is 1.35. The summed E-state index contributed by atoms with van der Waals surface area (Å²) in [5, 5.41) is 9.01. The van der Waals surface area contributed by atoms with Gasteiger partial charge in [0.15, 0.2) is 0 Å². The Bertz CT molecular complexity index is 130. The zero-order valence-corrected chi connectivity index (χ0v) is 7.90. The van der Waals surface area contributed by atoms with Crippen molar-refractivity contribution in [2.45, 2.75) is 6.23 Å². The summed E-state index contributed by atoms with van der Waals surface area (Å²) in [6.45, 7) is 4.06. The zero-order chi connectivity index (χ0) is 9.14. The predicted octanol–water partition coefficient (Wildman–Crippen LogP) is -1.24. The van der Waals surface area contributed by atoms with Crippen LogP contribution in [0.1, 0.15) is 0 Å². The van der Waals surface area contributed by atoms with Crippen LogP contribution in [0.3, 0.4) is 0 Å². The lowest BCUT2D eigenvalue weighted by Gasteiger charge is -2.40. The molecule has 1 aliphatic heterocycles. The summed E-state index contributed by atoms with van der Waals surface area (Å²) in [5.41, 5.74) is 5.33. The van der Waals surface area contributed by atoms with Gasteiger partial charge in [0, 0.05) is 32.1 Å². The van der Waals surface area contributed by atoms with Crippen LogP contribution < -0.4 is 5.73 Å². The van der Waals surface area contributed by atoms with Crippen molar-refractivity contribution in [1.29, 1.82) is 0 Å². The van der Waals surface area contributed by atoms with Gasteiger partial charge in [-0.2, -0.15) is 0 Å². The van der Waals surface area contributed by atoms with Crippen LogP contribution in [0.15, 0.2) is 0 Å². The van der Waals surface area contributed by atoms with Gasteiger partial charge in [0.1, 0.15) is 6.23 Å². The highest BCUT2D eigenvalue weighted by Gasteiger charge is 2.29. The van der Waals surface area contributed by atoms with Crippen molar-refractivity contribution in [3.05, 3.63) is 0 Å². The van der Waals surface area contributed by atoms with Crippen LogP contribution >= 0.6 is 0 Å². The molecule has 3 N–H and O–H groups in total. The number of hydrogen-bond acceptors (Lipinski definition) is 4. The second-order valence-corrected chi connectivity index (χ2v) is 3.81. The van der Waals surface area contributed by atoms with Crippen molar-refractivity contribution in [3.8, 4) is 0 Å². The van der Waals surface area contributed by atoms with Gasteiger partial charge in [-0.1, -0.05) is 0 Å². The Kier molecular flexibility index (Phi) is 3.46. The van der Waals surface area contributed by atoms with Gasteiger partial charge in [-0.15, -0.1) is 0 Å². The second kappa shape index (κ2) is 4.18. The number of likely N-dealkylation sites (tertiary alicyclic amines) is 1. The molecule has 0 aromatic carbocycles. The van der Waals surface area contributed by atoms with E-state index in [0.29, 0.717) is 5.92 Å². The SMILES string of the molecule is CN(C)CCN1CC(C(N)O)C1. The highest BCUT2D eigenvalue weighted by atomic mass is 16.3. The summed E-state index contributed by atoms with van der Waals surface area (Å²) < 4.78 is 0. The Balaban J connectivity index is 2.02. The van der Waals surface area contributed by atoms with Gasteiger partial charge >= 0.3 is 0 Å². The molecule has 0 saturated carbocycles. The van der Waals surface area contributed by atoms with Crippen LogP contribution in [0.25, 0.3) is 0 Å². The Morgan fingerprint density at radius 1 is 1.58 bits per heavy atom. The standard InChI is InChI=1S/C8H19N3O/c1-10(2)3-4-11-5-7(6-11)8(9)12/h7-8,12H,3-6,9H2,1-2H3. The molecule has 0 spiro atoms. The molecule has 0 amide bonds. The Morgan fingerprint density at radius 2 is 2.17 bits per heavy atom. The second-order valence-electron chi connectivity index (χ2n) is 3.81. The van der Waals surface area contributed by atoms with E-state index in [4.69, 9.17) is 10.8 Å². The maximum absolute atomic E-state index is 9.01. The molecular formula is C8H19N3O. The maximum atomic E-state index is 9.01. The number of aliphatic hydroxyl groups excluding tert-OH is 1. The normalized spacial score (nSPS) is 22.8. The molecule has 1 rings (SSSR count). The van der Waals surface area contributed by atoms with Crippen molar-refractivity contribution in [2.75, 3.05) is 40.3 Å². The van der Waals surface area contributed by atoms with Gasteiger partial charge in [-0.05, 0) is 14.1 Å². The van der Waals surface area contributed by atoms with E-state index in [9.17, 15) is 0 Å². The summed E-state index contributed by atoms with van der Waals surface area (Å²) in [7, 11) is 4.13. The van der Waals surface area contributed by atoms with Gasteiger partial charge in [-0.25, -0.2) is 0 Å². The third-order valence-electron chi connectivity index (χ3n) is 2.33. The zero-order valence-electron chi connectivity index (χ0n) is 7.90. The third kappa shape index (κ3) is 2.71. The Morgan fingerprint density at radius 3 is 2.58 bits per heavy atom. The van der Waals surface area contributed by atoms with Gasteiger partial charge in [0.25, 0.3) is 0 Å². The summed E-state index contributed by atoms with van der Waals surface area (Å²) >= 11 is 0. The summed E-state index contributed by atoms with van der Waals surface area (Å²) in [4.78, 5) is 4.47. The molecule has 12 heavy (non-hydrogen) atoms. The molecule has 1 unspecified atom stereocenters. The molecule has 0 aromatic heterocycles. The van der Waals surface area contributed by atoms with E-state index in [0.717, 1.165) is 26.2 Å². The molecule has 1 aliphatic rings. The van der Waals surface area contributed by atoms with Crippen LogP contribution in [0.5, 0.6) is 0 Å². The first-order valence-corrected chi connectivity index (χ1v) is 4.40. The minimum Gasteiger partial charge on any atom is -0.378 e. The van der Waals surface area contributed by atoms with Gasteiger partial charge in [0.05, 0.1) is 0 Å². The van der Waals surface area contributed by atoms with E-state index < -0.39 is 6.23 Å². The first-order chi connectivity index (χ1) is 5.59. The van der Waals surface area contributed by atoms with Gasteiger partial charge in [0.2, 0.25) is 0 Å². The highest BCUT2D eigenvalue weighted by Crippen LogP contribution is 2.15. The van der Waals surface area contributed by atoms with Gasteiger partial charge in [-0.3, -0.25) is 0 Å². The smallest absolute Gasteiger partial charge is 0.107 e. The Hall–Kier alpha value is -0.160. The highest BCUT2D eigenvalue weighted by molar-refractivity contribution is 4.82. The molecular weight excluding hydrogens is 154 g/mol. The summed E-state index contributed by atoms with van der Waals surface area (Å²) in [6, 6.07) is 0. The average Bonchev–Trinajstić information content (AvgIpc) is 1.82. The molecule has 0 bridgehead atoms. The lowest BCUT2D eigenvalue weighted by atomic mass is 9.99. The number of nitrogens with zero attached hydrogens (tertiary/aromatic N) is 2. The van der Waals surface area contributed by atoms with E-state index in [-0.39, 0.29) is 0 Å². The molecule has 72 valence electrons. The van der Waals surface area contributed by atoms with E-state index >= 15 is 0 Å². The quantitative estimate of drug-likeness (QED) is 0.522. The number of aliphatic hydroxyl groups is 1. The minimum atomic E-state index is -0.624. The molecule has 4 heteroatoms. The predicted molar refractivity (Wildman–Crippen MR) is 48.7 cm³/mol. The first-order valence-electron chi connectivity index (χ1n) is 4.40. The van der Waals surface area contributed by atoms with Crippen molar-refractivity contribution in [1.82, 2.24) is 9.80 Å². The van der Waals surface area contributed by atoms with E-state index in [2.05, 4.69) is 23.9 Å². The van der Waals surface area contributed by atoms with Gasteiger partial charge < -0.3 is 20.6 Å². The molecule has 1 fully saturated rings. The molecule has 0 aliphatic carbocycles. The first kappa shape index (κ1) is 9.92. The molecule has 0 radical (unpaired) electrons. The summed E-state index contributed by atoms with van der Waals surface area (Å²) in [6.07, 6.45) is -0.624. The average molecular weight is 173 g/mol. The molecule has 1 saturated heterocycles. The maximum Gasteiger partial charge on any atom is 0.107 e. The van der Waals surface area contributed by atoms with Crippen molar-refractivity contribution in [3.63, 3.8) is 0 Å². The molecule has 1 atom stereocenters. The molecule has 0 aromatic rings. The topological polar surface area (TPSA) is 52.7 Å². The van der Waals surface area contributed by atoms with Crippen LogP contribution in [0.4, 0.5) is 0 Å². The molecule has 4 nitrogen and oxygen atoms in total. The Labute approximate surface area is 73.9 Å². The number of hydrogen-bond donors (Lipinski definition) is 2. The van der Waals surface area contributed by atoms with Crippen LogP contribution in [-0.2, 0) is 0 Å². The lowest BCUT2D eigenvalue weighted by Crippen LogP contribution is -2.55. The fraction of sp³-hybridized carbons (Fsp3) is 1.00. The van der Waals surface area contributed by atoms with E-state index in [1.165, 1.54) is 0 Å². The van der Waals surface area contributed by atoms with E-state index in [1.807, 2.05) is 0 Å². The molecule has 1 heterocycles. The van der Waals surface area contributed by atoms with Crippen molar-refractivity contribution in [2.24, 2.45) is 11.7 Å². The number of nitrogens with two attached hydrogens (primary N) is 1.